The van der Waals surface area contributed by atoms with Gasteiger partial charge in [0.05, 0.1) is 0 Å². The number of thioether (sulfide) groups is 1. The minimum atomic E-state index is -0.967. The highest BCUT2D eigenvalue weighted by molar-refractivity contribution is 7.99. The lowest BCUT2D eigenvalue weighted by Crippen LogP contribution is -2.53. The molecule has 116 valence electrons. The highest BCUT2D eigenvalue weighted by atomic mass is 32.2. The van der Waals surface area contributed by atoms with E-state index < -0.39 is 5.97 Å². The first kappa shape index (κ1) is 17.1. The van der Waals surface area contributed by atoms with Gasteiger partial charge >= 0.3 is 12.0 Å². The third kappa shape index (κ3) is 4.89. The van der Waals surface area contributed by atoms with Crippen molar-refractivity contribution in [2.45, 2.75) is 63.3 Å². The maximum atomic E-state index is 12.4. The number of carboxylic acids is 1. The summed E-state index contributed by atoms with van der Waals surface area (Å²) in [6, 6.07) is -0.151. The maximum absolute atomic E-state index is 12.4. The van der Waals surface area contributed by atoms with Crippen LogP contribution in [-0.4, -0.2) is 52.1 Å². The van der Waals surface area contributed by atoms with E-state index in [-0.39, 0.29) is 24.7 Å². The summed E-state index contributed by atoms with van der Waals surface area (Å²) in [5, 5.41) is 12.4. The number of carbonyl (C=O) groups excluding carboxylic acids is 1. The summed E-state index contributed by atoms with van der Waals surface area (Å²) in [4.78, 5) is 24.7. The third-order valence-corrected chi connectivity index (χ3v) is 5.17. The lowest BCUT2D eigenvalue weighted by Gasteiger charge is -2.34. The molecule has 5 nitrogen and oxygen atoms in total. The number of hydrogen-bond acceptors (Lipinski definition) is 3. The molecule has 3 unspecified atom stereocenters. The highest BCUT2D eigenvalue weighted by Crippen LogP contribution is 2.27. The van der Waals surface area contributed by atoms with Crippen molar-refractivity contribution in [2.24, 2.45) is 0 Å². The Morgan fingerprint density at radius 1 is 1.40 bits per heavy atom. The Morgan fingerprint density at radius 3 is 2.60 bits per heavy atom. The van der Waals surface area contributed by atoms with E-state index in [2.05, 4.69) is 11.6 Å². The molecule has 1 aliphatic rings. The lowest BCUT2D eigenvalue weighted by molar-refractivity contribution is -0.138. The molecule has 0 radical (unpaired) electrons. The normalized spacial score (nSPS) is 23.9. The SMILES string of the molecule is CCC(C)N(CC(=O)O)C(=O)NC1CCCCC1SC. The van der Waals surface area contributed by atoms with Gasteiger partial charge in [-0.3, -0.25) is 4.79 Å². The summed E-state index contributed by atoms with van der Waals surface area (Å²) in [5.74, 6) is -0.967. The Morgan fingerprint density at radius 2 is 2.05 bits per heavy atom. The molecule has 0 aromatic rings. The summed E-state index contributed by atoms with van der Waals surface area (Å²) >= 11 is 1.79. The molecule has 1 rings (SSSR count). The number of carbonyl (C=O) groups is 2. The van der Waals surface area contributed by atoms with Gasteiger partial charge in [0.25, 0.3) is 0 Å². The molecule has 0 bridgehead atoms. The number of hydrogen-bond donors (Lipinski definition) is 2. The van der Waals surface area contributed by atoms with Crippen LogP contribution in [-0.2, 0) is 4.79 Å². The monoisotopic (exact) mass is 302 g/mol. The smallest absolute Gasteiger partial charge is 0.323 e. The van der Waals surface area contributed by atoms with Crippen LogP contribution in [0.3, 0.4) is 0 Å². The van der Waals surface area contributed by atoms with E-state index >= 15 is 0 Å². The average molecular weight is 302 g/mol. The fourth-order valence-corrected chi connectivity index (χ4v) is 3.51. The number of amides is 2. The number of aliphatic carboxylic acids is 1. The number of urea groups is 1. The number of nitrogens with zero attached hydrogens (tertiary/aromatic N) is 1. The van der Waals surface area contributed by atoms with E-state index in [1.165, 1.54) is 11.3 Å². The Kier molecular flexibility index (Phi) is 7.19. The molecule has 1 fully saturated rings. The van der Waals surface area contributed by atoms with Gasteiger partial charge in [0.2, 0.25) is 0 Å². The lowest BCUT2D eigenvalue weighted by atomic mass is 9.95. The molecule has 0 saturated heterocycles. The number of rotatable bonds is 6. The van der Waals surface area contributed by atoms with Crippen molar-refractivity contribution in [2.75, 3.05) is 12.8 Å². The van der Waals surface area contributed by atoms with Gasteiger partial charge in [-0.2, -0.15) is 11.8 Å². The predicted octanol–water partition coefficient (Wildman–Crippen LogP) is 2.56. The molecule has 6 heteroatoms. The fourth-order valence-electron chi connectivity index (χ4n) is 2.58. The van der Waals surface area contributed by atoms with Gasteiger partial charge in [0.1, 0.15) is 6.54 Å². The molecule has 0 aliphatic heterocycles. The van der Waals surface area contributed by atoms with Crippen molar-refractivity contribution in [3.05, 3.63) is 0 Å². The molecule has 1 aliphatic carbocycles. The fraction of sp³-hybridized carbons (Fsp3) is 0.857. The zero-order chi connectivity index (χ0) is 15.1. The van der Waals surface area contributed by atoms with Crippen LogP contribution >= 0.6 is 11.8 Å². The zero-order valence-corrected chi connectivity index (χ0v) is 13.4. The molecular formula is C14H26N2O3S. The van der Waals surface area contributed by atoms with Crippen LogP contribution < -0.4 is 5.32 Å². The van der Waals surface area contributed by atoms with Crippen LogP contribution in [0.25, 0.3) is 0 Å². The van der Waals surface area contributed by atoms with E-state index in [0.717, 1.165) is 25.7 Å². The molecule has 0 aromatic carbocycles. The van der Waals surface area contributed by atoms with Gasteiger partial charge in [-0.15, -0.1) is 0 Å². The average Bonchev–Trinajstić information content (AvgIpc) is 2.44. The van der Waals surface area contributed by atoms with Crippen LogP contribution in [0.1, 0.15) is 46.0 Å². The molecule has 0 spiro atoms. The van der Waals surface area contributed by atoms with Crippen molar-refractivity contribution >= 4 is 23.8 Å². The van der Waals surface area contributed by atoms with Crippen LogP contribution in [0.5, 0.6) is 0 Å². The second kappa shape index (κ2) is 8.39. The van der Waals surface area contributed by atoms with Crippen LogP contribution in [0.2, 0.25) is 0 Å². The Labute approximate surface area is 125 Å². The molecular weight excluding hydrogens is 276 g/mol. The molecule has 0 heterocycles. The van der Waals surface area contributed by atoms with Gasteiger partial charge in [-0.1, -0.05) is 19.8 Å². The molecule has 2 N–H and O–H groups in total. The minimum Gasteiger partial charge on any atom is -0.480 e. The van der Waals surface area contributed by atoms with E-state index in [0.29, 0.717) is 5.25 Å². The number of nitrogens with one attached hydrogen (secondary N) is 1. The van der Waals surface area contributed by atoms with Crippen LogP contribution in [0.15, 0.2) is 0 Å². The van der Waals surface area contributed by atoms with Crippen molar-refractivity contribution < 1.29 is 14.7 Å². The summed E-state index contributed by atoms with van der Waals surface area (Å²) in [7, 11) is 0. The van der Waals surface area contributed by atoms with Gasteiger partial charge < -0.3 is 15.3 Å². The Bertz CT molecular complexity index is 338. The van der Waals surface area contributed by atoms with Crippen LogP contribution in [0.4, 0.5) is 4.79 Å². The minimum absolute atomic E-state index is 0.0672. The van der Waals surface area contributed by atoms with Crippen molar-refractivity contribution in [1.82, 2.24) is 10.2 Å². The standard InChI is InChI=1S/C14H26N2O3S/c1-4-10(2)16(9-13(17)18)14(19)15-11-7-5-6-8-12(11)20-3/h10-12H,4-9H2,1-3H3,(H,15,19)(H,17,18). The summed E-state index contributed by atoms with van der Waals surface area (Å²) in [5.41, 5.74) is 0. The van der Waals surface area contributed by atoms with E-state index in [9.17, 15) is 9.59 Å². The third-order valence-electron chi connectivity index (χ3n) is 4.00. The van der Waals surface area contributed by atoms with Crippen LogP contribution in [0, 0.1) is 0 Å². The molecule has 1 saturated carbocycles. The second-order valence-corrected chi connectivity index (χ2v) is 6.47. The quantitative estimate of drug-likeness (QED) is 0.791. The topological polar surface area (TPSA) is 69.6 Å². The Hall–Kier alpha value is -0.910. The maximum Gasteiger partial charge on any atom is 0.323 e. The first-order valence-electron chi connectivity index (χ1n) is 7.31. The van der Waals surface area contributed by atoms with E-state index in [1.54, 1.807) is 11.8 Å². The van der Waals surface area contributed by atoms with E-state index in [4.69, 9.17) is 5.11 Å². The molecule has 3 atom stereocenters. The van der Waals surface area contributed by atoms with Crippen molar-refractivity contribution in [3.8, 4) is 0 Å². The Balaban J connectivity index is 2.66. The summed E-state index contributed by atoms with van der Waals surface area (Å²) < 4.78 is 0. The predicted molar refractivity (Wildman–Crippen MR) is 82.2 cm³/mol. The van der Waals surface area contributed by atoms with Gasteiger partial charge in [0.15, 0.2) is 0 Å². The molecule has 2 amide bonds. The number of carboxylic acid groups (broad SMARTS) is 1. The van der Waals surface area contributed by atoms with Crippen molar-refractivity contribution in [3.63, 3.8) is 0 Å². The van der Waals surface area contributed by atoms with Gasteiger partial charge in [-0.05, 0) is 32.4 Å². The highest BCUT2D eigenvalue weighted by Gasteiger charge is 2.29. The molecule has 20 heavy (non-hydrogen) atoms. The first-order chi connectivity index (χ1) is 9.49. The van der Waals surface area contributed by atoms with Crippen molar-refractivity contribution in [1.29, 1.82) is 0 Å². The molecule has 0 aromatic heterocycles. The summed E-state index contributed by atoms with van der Waals surface area (Å²) in [6.45, 7) is 3.60. The van der Waals surface area contributed by atoms with Gasteiger partial charge in [0, 0.05) is 17.3 Å². The van der Waals surface area contributed by atoms with Gasteiger partial charge in [-0.25, -0.2) is 4.79 Å². The largest absolute Gasteiger partial charge is 0.480 e. The second-order valence-electron chi connectivity index (χ2n) is 5.39. The summed E-state index contributed by atoms with van der Waals surface area (Å²) in [6.07, 6.45) is 7.26. The zero-order valence-electron chi connectivity index (χ0n) is 12.6. The first-order valence-corrected chi connectivity index (χ1v) is 8.60. The van der Waals surface area contributed by atoms with E-state index in [1.807, 2.05) is 13.8 Å².